The molecule has 0 heterocycles. The normalized spacial score (nSPS) is 10.1. The highest BCUT2D eigenvalue weighted by Gasteiger charge is 1.99. The minimum Gasteiger partial charge on any atom is -0.466 e. The highest BCUT2D eigenvalue weighted by atomic mass is 16.5. The van der Waals surface area contributed by atoms with Gasteiger partial charge >= 0.3 is 11.9 Å². The van der Waals surface area contributed by atoms with E-state index >= 15 is 0 Å². The van der Waals surface area contributed by atoms with E-state index in [1.54, 1.807) is 19.9 Å². The molecule has 0 atom stereocenters. The zero-order chi connectivity index (χ0) is 10.8. The summed E-state index contributed by atoms with van der Waals surface area (Å²) in [5.41, 5.74) is 0. The highest BCUT2D eigenvalue weighted by Crippen LogP contribution is 1.94. The fourth-order valence-corrected chi connectivity index (χ4v) is 0.804. The molecule has 4 heteroatoms. The molecule has 14 heavy (non-hydrogen) atoms. The van der Waals surface area contributed by atoms with Crippen molar-refractivity contribution in [3.05, 3.63) is 12.2 Å². The molecule has 0 aliphatic carbocycles. The zero-order valence-corrected chi connectivity index (χ0v) is 8.62. The molecule has 80 valence electrons. The highest BCUT2D eigenvalue weighted by molar-refractivity contribution is 5.81. The molecule has 0 radical (unpaired) electrons. The van der Waals surface area contributed by atoms with Crippen LogP contribution in [0.1, 0.15) is 26.7 Å². The van der Waals surface area contributed by atoms with Crippen LogP contribution in [-0.2, 0) is 19.1 Å². The van der Waals surface area contributed by atoms with Gasteiger partial charge in [-0.05, 0) is 20.3 Å². The van der Waals surface area contributed by atoms with Crippen molar-refractivity contribution in [3.63, 3.8) is 0 Å². The Kier molecular flexibility index (Phi) is 7.50. The molecule has 0 spiro atoms. The molecule has 0 saturated heterocycles. The molecule has 0 unspecified atom stereocenters. The molecule has 0 aliphatic rings. The van der Waals surface area contributed by atoms with Crippen LogP contribution in [0.5, 0.6) is 0 Å². The third-order valence-electron chi connectivity index (χ3n) is 1.36. The van der Waals surface area contributed by atoms with E-state index in [1.807, 2.05) is 0 Å². The van der Waals surface area contributed by atoms with Crippen molar-refractivity contribution in [2.24, 2.45) is 0 Å². The standard InChI is InChI=1S/C10H16O4/c1-3-13-9(11)7-5-6-8-10(12)14-4-2/h5,7H,3-4,6,8H2,1-2H3/b7-5+. The van der Waals surface area contributed by atoms with Crippen molar-refractivity contribution < 1.29 is 19.1 Å². The second-order valence-corrected chi connectivity index (χ2v) is 2.50. The molecule has 0 saturated carbocycles. The third kappa shape index (κ3) is 7.34. The summed E-state index contributed by atoms with van der Waals surface area (Å²) in [7, 11) is 0. The Balaban J connectivity index is 3.52. The Morgan fingerprint density at radius 2 is 1.79 bits per heavy atom. The topological polar surface area (TPSA) is 52.6 Å². The lowest BCUT2D eigenvalue weighted by atomic mass is 10.3. The average molecular weight is 200 g/mol. The number of hydrogen-bond acceptors (Lipinski definition) is 4. The van der Waals surface area contributed by atoms with Crippen molar-refractivity contribution >= 4 is 11.9 Å². The second kappa shape index (κ2) is 8.29. The van der Waals surface area contributed by atoms with Gasteiger partial charge < -0.3 is 9.47 Å². The molecular weight excluding hydrogens is 184 g/mol. The van der Waals surface area contributed by atoms with Crippen molar-refractivity contribution in [1.82, 2.24) is 0 Å². The summed E-state index contributed by atoms with van der Waals surface area (Å²) in [5, 5.41) is 0. The maximum Gasteiger partial charge on any atom is 0.330 e. The number of carbonyl (C=O) groups excluding carboxylic acids is 2. The van der Waals surface area contributed by atoms with Gasteiger partial charge in [-0.15, -0.1) is 0 Å². The van der Waals surface area contributed by atoms with E-state index in [2.05, 4.69) is 4.74 Å². The fourth-order valence-electron chi connectivity index (χ4n) is 0.804. The van der Waals surface area contributed by atoms with Crippen LogP contribution in [0.15, 0.2) is 12.2 Å². The number of esters is 2. The quantitative estimate of drug-likeness (QED) is 0.481. The number of rotatable bonds is 6. The van der Waals surface area contributed by atoms with Crippen LogP contribution >= 0.6 is 0 Å². The predicted octanol–water partition coefficient (Wildman–Crippen LogP) is 1.45. The molecule has 4 nitrogen and oxygen atoms in total. The maximum atomic E-state index is 10.8. The van der Waals surface area contributed by atoms with Gasteiger partial charge in [-0.2, -0.15) is 0 Å². The lowest BCUT2D eigenvalue weighted by molar-refractivity contribution is -0.143. The first-order chi connectivity index (χ1) is 6.70. The van der Waals surface area contributed by atoms with Gasteiger partial charge in [0.2, 0.25) is 0 Å². The summed E-state index contributed by atoms with van der Waals surface area (Å²) in [6.07, 6.45) is 3.72. The van der Waals surface area contributed by atoms with Gasteiger partial charge in [0, 0.05) is 12.5 Å². The van der Waals surface area contributed by atoms with Crippen LogP contribution in [0.2, 0.25) is 0 Å². The largest absolute Gasteiger partial charge is 0.466 e. The average Bonchev–Trinajstić information content (AvgIpc) is 2.13. The van der Waals surface area contributed by atoms with Crippen molar-refractivity contribution in [1.29, 1.82) is 0 Å². The lowest BCUT2D eigenvalue weighted by Gasteiger charge is -1.98. The monoisotopic (exact) mass is 200 g/mol. The minimum absolute atomic E-state index is 0.249. The molecule has 0 bridgehead atoms. The molecule has 0 aliphatic heterocycles. The van der Waals surface area contributed by atoms with E-state index in [0.29, 0.717) is 26.1 Å². The summed E-state index contributed by atoms with van der Waals surface area (Å²) < 4.78 is 9.36. The van der Waals surface area contributed by atoms with E-state index in [4.69, 9.17) is 4.74 Å². The number of hydrogen-bond donors (Lipinski definition) is 0. The molecule has 0 rings (SSSR count). The minimum atomic E-state index is -0.378. The van der Waals surface area contributed by atoms with Gasteiger partial charge in [0.1, 0.15) is 0 Å². The maximum absolute atomic E-state index is 10.8. The Bertz CT molecular complexity index is 208. The first-order valence-electron chi connectivity index (χ1n) is 4.69. The lowest BCUT2D eigenvalue weighted by Crippen LogP contribution is -2.03. The van der Waals surface area contributed by atoms with Crippen LogP contribution in [0.3, 0.4) is 0 Å². The molecule has 0 amide bonds. The SMILES string of the molecule is CCOC(=O)/C=C/CCC(=O)OCC. The second-order valence-electron chi connectivity index (χ2n) is 2.50. The van der Waals surface area contributed by atoms with Crippen molar-refractivity contribution in [3.8, 4) is 0 Å². The summed E-state index contributed by atoms with van der Waals surface area (Å²) in [5.74, 6) is -0.627. The molecule has 0 aromatic carbocycles. The molecule has 0 aromatic rings. The van der Waals surface area contributed by atoms with Crippen LogP contribution in [-0.4, -0.2) is 25.2 Å². The van der Waals surface area contributed by atoms with Crippen LogP contribution in [0, 0.1) is 0 Å². The van der Waals surface area contributed by atoms with E-state index in [9.17, 15) is 9.59 Å². The van der Waals surface area contributed by atoms with Gasteiger partial charge in [0.15, 0.2) is 0 Å². The van der Waals surface area contributed by atoms with E-state index in [-0.39, 0.29) is 11.9 Å². The van der Waals surface area contributed by atoms with Crippen molar-refractivity contribution in [2.75, 3.05) is 13.2 Å². The van der Waals surface area contributed by atoms with Gasteiger partial charge in [-0.3, -0.25) is 4.79 Å². The number of ether oxygens (including phenoxy) is 2. The summed E-state index contributed by atoms with van der Waals surface area (Å²) in [6, 6.07) is 0. The third-order valence-corrected chi connectivity index (χ3v) is 1.36. The van der Waals surface area contributed by atoms with Crippen LogP contribution in [0.25, 0.3) is 0 Å². The Labute approximate surface area is 83.9 Å². The smallest absolute Gasteiger partial charge is 0.330 e. The van der Waals surface area contributed by atoms with E-state index < -0.39 is 0 Å². The molecule has 0 fully saturated rings. The van der Waals surface area contributed by atoms with Crippen molar-refractivity contribution in [2.45, 2.75) is 26.7 Å². The Morgan fingerprint density at radius 1 is 1.14 bits per heavy atom. The van der Waals surface area contributed by atoms with Gasteiger partial charge in [0.25, 0.3) is 0 Å². The zero-order valence-electron chi connectivity index (χ0n) is 8.62. The van der Waals surface area contributed by atoms with Crippen LogP contribution < -0.4 is 0 Å². The summed E-state index contributed by atoms with van der Waals surface area (Å²) in [6.45, 7) is 4.25. The van der Waals surface area contributed by atoms with Gasteiger partial charge in [-0.1, -0.05) is 6.08 Å². The van der Waals surface area contributed by atoms with Crippen LogP contribution in [0.4, 0.5) is 0 Å². The molecule has 0 aromatic heterocycles. The fraction of sp³-hybridized carbons (Fsp3) is 0.600. The Morgan fingerprint density at radius 3 is 2.36 bits per heavy atom. The van der Waals surface area contributed by atoms with E-state index in [1.165, 1.54) is 6.08 Å². The predicted molar refractivity (Wildman–Crippen MR) is 51.6 cm³/mol. The Hall–Kier alpha value is -1.32. The first-order valence-corrected chi connectivity index (χ1v) is 4.69. The number of allylic oxidation sites excluding steroid dienone is 1. The van der Waals surface area contributed by atoms with Gasteiger partial charge in [0.05, 0.1) is 13.2 Å². The van der Waals surface area contributed by atoms with Gasteiger partial charge in [-0.25, -0.2) is 4.79 Å². The number of carbonyl (C=O) groups is 2. The van der Waals surface area contributed by atoms with E-state index in [0.717, 1.165) is 0 Å². The summed E-state index contributed by atoms with van der Waals surface area (Å²) >= 11 is 0. The molecule has 0 N–H and O–H groups in total. The molecular formula is C10H16O4. The summed E-state index contributed by atoms with van der Waals surface area (Å²) in [4.78, 5) is 21.6. The first kappa shape index (κ1) is 12.7.